The van der Waals surface area contributed by atoms with Crippen molar-refractivity contribution < 1.29 is 4.74 Å². The smallest absolute Gasteiger partial charge is 0.123 e. The van der Waals surface area contributed by atoms with Gasteiger partial charge in [-0.25, -0.2) is 4.98 Å². The van der Waals surface area contributed by atoms with Crippen molar-refractivity contribution in [2.45, 2.75) is 19.9 Å². The third-order valence-electron chi connectivity index (χ3n) is 3.26. The lowest BCUT2D eigenvalue weighted by molar-refractivity contribution is 0.408. The second kappa shape index (κ2) is 7.46. The molecule has 1 aromatic heterocycles. The van der Waals surface area contributed by atoms with E-state index in [0.717, 1.165) is 36.5 Å². The lowest BCUT2D eigenvalue weighted by atomic mass is 10.1. The van der Waals surface area contributed by atoms with E-state index < -0.39 is 0 Å². The van der Waals surface area contributed by atoms with Gasteiger partial charge < -0.3 is 14.6 Å². The van der Waals surface area contributed by atoms with Crippen LogP contribution in [0.5, 0.6) is 5.75 Å². The van der Waals surface area contributed by atoms with Gasteiger partial charge in [-0.1, -0.05) is 6.92 Å². The molecule has 0 amide bonds. The molecule has 1 N–H and O–H groups in total. The molecule has 0 atom stereocenters. The molecule has 0 aliphatic carbocycles. The number of nitrogens with one attached hydrogen (secondary N) is 1. The Bertz CT molecular complexity index is 627. The summed E-state index contributed by atoms with van der Waals surface area (Å²) in [6, 6.07) is 7.61. The van der Waals surface area contributed by atoms with Gasteiger partial charge in [-0.3, -0.25) is 0 Å². The van der Waals surface area contributed by atoms with Crippen molar-refractivity contribution in [3.8, 4) is 11.8 Å². The molecule has 5 heteroatoms. The summed E-state index contributed by atoms with van der Waals surface area (Å²) < 4.78 is 7.36. The Morgan fingerprint density at radius 2 is 2.29 bits per heavy atom. The number of nitriles is 1. The Morgan fingerprint density at radius 3 is 3.00 bits per heavy atom. The van der Waals surface area contributed by atoms with Gasteiger partial charge in [0.2, 0.25) is 0 Å². The van der Waals surface area contributed by atoms with Gasteiger partial charge in [-0.15, -0.1) is 0 Å². The van der Waals surface area contributed by atoms with Crippen molar-refractivity contribution in [2.24, 2.45) is 0 Å². The van der Waals surface area contributed by atoms with Gasteiger partial charge in [0.15, 0.2) is 0 Å². The Hall–Kier alpha value is -2.32. The van der Waals surface area contributed by atoms with Crippen molar-refractivity contribution in [1.29, 1.82) is 5.26 Å². The number of methoxy groups -OCH3 is 1. The maximum atomic E-state index is 9.00. The van der Waals surface area contributed by atoms with Gasteiger partial charge in [-0.05, 0) is 24.7 Å². The molecular weight excluding hydrogens is 264 g/mol. The molecule has 0 unspecified atom stereocenters. The normalized spacial score (nSPS) is 10.3. The summed E-state index contributed by atoms with van der Waals surface area (Å²) in [7, 11) is 1.64. The average molecular weight is 284 g/mol. The van der Waals surface area contributed by atoms with E-state index in [1.165, 1.54) is 0 Å². The predicted molar refractivity (Wildman–Crippen MR) is 81.3 cm³/mol. The molecule has 5 nitrogen and oxygen atoms in total. The minimum Gasteiger partial charge on any atom is -0.496 e. The van der Waals surface area contributed by atoms with E-state index in [0.29, 0.717) is 12.1 Å². The van der Waals surface area contributed by atoms with Gasteiger partial charge in [0.1, 0.15) is 5.75 Å². The zero-order valence-corrected chi connectivity index (χ0v) is 12.5. The number of rotatable bonds is 7. The average Bonchev–Trinajstić information content (AvgIpc) is 2.95. The Morgan fingerprint density at radius 1 is 1.43 bits per heavy atom. The summed E-state index contributed by atoms with van der Waals surface area (Å²) in [5, 5.41) is 12.3. The monoisotopic (exact) mass is 284 g/mol. The summed E-state index contributed by atoms with van der Waals surface area (Å²) in [5.74, 6) is 0.789. The first kappa shape index (κ1) is 15.1. The molecule has 0 fully saturated rings. The maximum absolute atomic E-state index is 9.00. The fraction of sp³-hybridized carbons (Fsp3) is 0.375. The lowest BCUT2D eigenvalue weighted by Gasteiger charge is -2.09. The molecule has 1 heterocycles. The number of hydrogen-bond acceptors (Lipinski definition) is 4. The number of hydrogen-bond donors (Lipinski definition) is 1. The molecule has 0 aliphatic heterocycles. The van der Waals surface area contributed by atoms with Gasteiger partial charge in [0, 0.05) is 24.7 Å². The molecule has 0 radical (unpaired) electrons. The van der Waals surface area contributed by atoms with Crippen molar-refractivity contribution in [2.75, 3.05) is 20.2 Å². The molecule has 2 aromatic rings. The molecule has 21 heavy (non-hydrogen) atoms. The van der Waals surface area contributed by atoms with Crippen molar-refractivity contribution in [3.05, 3.63) is 47.5 Å². The van der Waals surface area contributed by atoms with Crippen LogP contribution in [-0.4, -0.2) is 29.8 Å². The van der Waals surface area contributed by atoms with Gasteiger partial charge >= 0.3 is 0 Å². The van der Waals surface area contributed by atoms with E-state index in [-0.39, 0.29) is 0 Å². The number of ether oxygens (including phenoxy) is 1. The summed E-state index contributed by atoms with van der Waals surface area (Å²) in [4.78, 5) is 4.40. The SMILES string of the molecule is CCNCCc1cn(Cc2cc(C#N)ccc2OC)cn1. The highest BCUT2D eigenvalue weighted by Gasteiger charge is 2.06. The van der Waals surface area contributed by atoms with Crippen LogP contribution in [0.2, 0.25) is 0 Å². The highest BCUT2D eigenvalue weighted by Crippen LogP contribution is 2.20. The second-order valence-corrected chi connectivity index (χ2v) is 4.78. The molecule has 0 saturated heterocycles. The van der Waals surface area contributed by atoms with E-state index in [2.05, 4.69) is 23.3 Å². The van der Waals surface area contributed by atoms with Crippen molar-refractivity contribution in [1.82, 2.24) is 14.9 Å². The standard InChI is InChI=1S/C16H20N4O/c1-3-18-7-6-15-11-20(12-19-15)10-14-8-13(9-17)4-5-16(14)21-2/h4-5,8,11-12,18H,3,6-7,10H2,1-2H3. The topological polar surface area (TPSA) is 62.9 Å². The van der Waals surface area contributed by atoms with Crippen LogP contribution in [0.15, 0.2) is 30.7 Å². The Labute approximate surface area is 125 Å². The van der Waals surface area contributed by atoms with E-state index in [1.807, 2.05) is 29.2 Å². The van der Waals surface area contributed by atoms with Gasteiger partial charge in [-0.2, -0.15) is 5.26 Å². The Kier molecular flexibility index (Phi) is 5.35. The van der Waals surface area contributed by atoms with Crippen LogP contribution in [0, 0.1) is 11.3 Å². The fourth-order valence-electron chi connectivity index (χ4n) is 2.18. The summed E-state index contributed by atoms with van der Waals surface area (Å²) in [6.45, 7) is 4.64. The first-order valence-corrected chi connectivity index (χ1v) is 7.05. The van der Waals surface area contributed by atoms with E-state index in [9.17, 15) is 0 Å². The highest BCUT2D eigenvalue weighted by atomic mass is 16.5. The summed E-state index contributed by atoms with van der Waals surface area (Å²) in [6.07, 6.45) is 4.77. The number of likely N-dealkylation sites (N-methyl/N-ethyl adjacent to an activating group) is 1. The number of aromatic nitrogens is 2. The molecule has 110 valence electrons. The zero-order valence-electron chi connectivity index (χ0n) is 12.5. The van der Waals surface area contributed by atoms with Crippen LogP contribution in [0.1, 0.15) is 23.7 Å². The van der Waals surface area contributed by atoms with Gasteiger partial charge in [0.25, 0.3) is 0 Å². The van der Waals surface area contributed by atoms with Crippen LogP contribution in [0.25, 0.3) is 0 Å². The largest absolute Gasteiger partial charge is 0.496 e. The van der Waals surface area contributed by atoms with Crippen LogP contribution in [0.3, 0.4) is 0 Å². The summed E-state index contributed by atoms with van der Waals surface area (Å²) in [5.41, 5.74) is 2.68. The number of nitrogens with zero attached hydrogens (tertiary/aromatic N) is 3. The molecule has 0 bridgehead atoms. The van der Waals surface area contributed by atoms with Crippen LogP contribution in [-0.2, 0) is 13.0 Å². The van der Waals surface area contributed by atoms with E-state index in [1.54, 1.807) is 13.2 Å². The van der Waals surface area contributed by atoms with E-state index >= 15 is 0 Å². The minimum absolute atomic E-state index is 0.637. The fourth-order valence-corrected chi connectivity index (χ4v) is 2.18. The third kappa shape index (κ3) is 4.07. The predicted octanol–water partition coefficient (Wildman–Crippen LogP) is 1.96. The minimum atomic E-state index is 0.637. The highest BCUT2D eigenvalue weighted by molar-refractivity contribution is 5.42. The Balaban J connectivity index is 2.09. The molecule has 0 aliphatic rings. The van der Waals surface area contributed by atoms with Crippen LogP contribution in [0.4, 0.5) is 0 Å². The van der Waals surface area contributed by atoms with Gasteiger partial charge in [0.05, 0.1) is 37.3 Å². The first-order valence-electron chi connectivity index (χ1n) is 7.05. The van der Waals surface area contributed by atoms with E-state index in [4.69, 9.17) is 10.00 Å². The van der Waals surface area contributed by atoms with Crippen molar-refractivity contribution in [3.63, 3.8) is 0 Å². The molecule has 2 rings (SSSR count). The molecule has 0 saturated carbocycles. The zero-order chi connectivity index (χ0) is 15.1. The summed E-state index contributed by atoms with van der Waals surface area (Å²) >= 11 is 0. The lowest BCUT2D eigenvalue weighted by Crippen LogP contribution is -2.16. The number of imidazole rings is 1. The second-order valence-electron chi connectivity index (χ2n) is 4.78. The maximum Gasteiger partial charge on any atom is 0.123 e. The molecule has 1 aromatic carbocycles. The van der Waals surface area contributed by atoms with Crippen LogP contribution < -0.4 is 10.1 Å². The molecular formula is C16H20N4O. The van der Waals surface area contributed by atoms with Crippen molar-refractivity contribution >= 4 is 0 Å². The third-order valence-corrected chi connectivity index (χ3v) is 3.26. The van der Waals surface area contributed by atoms with Crippen LogP contribution >= 0.6 is 0 Å². The first-order chi connectivity index (χ1) is 10.3. The molecule has 0 spiro atoms. The number of benzene rings is 1. The quantitative estimate of drug-likeness (QED) is 0.790.